The van der Waals surface area contributed by atoms with Gasteiger partial charge >= 0.3 is 5.97 Å². The maximum atomic E-state index is 13.3. The van der Waals surface area contributed by atoms with Crippen LogP contribution in [0.3, 0.4) is 0 Å². The fourth-order valence-corrected chi connectivity index (χ4v) is 4.87. The second-order valence-electron chi connectivity index (χ2n) is 8.33. The van der Waals surface area contributed by atoms with Crippen molar-refractivity contribution in [1.29, 1.82) is 0 Å². The fourth-order valence-electron chi connectivity index (χ4n) is 3.85. The number of benzene rings is 2. The maximum absolute atomic E-state index is 13.3. The molecule has 2 aromatic carbocycles. The first kappa shape index (κ1) is 25.2. The Morgan fingerprint density at radius 1 is 1.03 bits per heavy atom. The van der Waals surface area contributed by atoms with Gasteiger partial charge in [-0.1, -0.05) is 48.0 Å². The summed E-state index contributed by atoms with van der Waals surface area (Å²) in [7, 11) is -2.44. The number of methoxy groups -OCH3 is 1. The standard InChI is InChI=1S/C27H26N2O6S/c1-18-9-11-20(12-10-18)17-29-19(2)25(27(31)34-3)24(26(29)30)15-21-13-14-22(35-21)16-28-36(32,33)23-7-5-4-6-8-23/h4-15,28H,16-17H2,1-3H3/b24-15+. The third-order valence-electron chi connectivity index (χ3n) is 5.82. The van der Waals surface area contributed by atoms with E-state index in [0.717, 1.165) is 11.1 Å². The van der Waals surface area contributed by atoms with Gasteiger partial charge in [0.2, 0.25) is 10.0 Å². The number of aryl methyl sites for hydroxylation is 1. The summed E-state index contributed by atoms with van der Waals surface area (Å²) >= 11 is 0. The largest absolute Gasteiger partial charge is 0.465 e. The highest BCUT2D eigenvalue weighted by Crippen LogP contribution is 2.33. The van der Waals surface area contributed by atoms with Crippen molar-refractivity contribution in [2.75, 3.05) is 7.11 Å². The second kappa shape index (κ2) is 10.3. The highest BCUT2D eigenvalue weighted by Gasteiger charge is 2.37. The number of allylic oxidation sites excluding steroid dienone is 1. The molecule has 8 nitrogen and oxygen atoms in total. The molecule has 0 atom stereocenters. The fraction of sp³-hybridized carbons (Fsp3) is 0.185. The minimum atomic E-state index is -3.71. The van der Waals surface area contributed by atoms with Gasteiger partial charge in [0.05, 0.1) is 36.2 Å². The molecular formula is C27H26N2O6S. The van der Waals surface area contributed by atoms with Crippen molar-refractivity contribution in [1.82, 2.24) is 9.62 Å². The monoisotopic (exact) mass is 506 g/mol. The lowest BCUT2D eigenvalue weighted by Gasteiger charge is -2.18. The van der Waals surface area contributed by atoms with Gasteiger partial charge < -0.3 is 14.1 Å². The van der Waals surface area contributed by atoms with Crippen molar-refractivity contribution >= 4 is 28.0 Å². The van der Waals surface area contributed by atoms with Crippen molar-refractivity contribution in [3.63, 3.8) is 0 Å². The number of nitrogens with zero attached hydrogens (tertiary/aromatic N) is 1. The molecule has 1 amide bonds. The van der Waals surface area contributed by atoms with Crippen molar-refractivity contribution in [3.05, 3.63) is 106 Å². The van der Waals surface area contributed by atoms with E-state index in [4.69, 9.17) is 9.15 Å². The van der Waals surface area contributed by atoms with Gasteiger partial charge in [0, 0.05) is 5.70 Å². The van der Waals surface area contributed by atoms with Gasteiger partial charge in [-0.05, 0) is 49.8 Å². The molecule has 1 aliphatic heterocycles. The molecule has 0 bridgehead atoms. The zero-order valence-electron chi connectivity index (χ0n) is 20.1. The summed E-state index contributed by atoms with van der Waals surface area (Å²) in [4.78, 5) is 27.6. The van der Waals surface area contributed by atoms with Crippen LogP contribution in [0, 0.1) is 6.92 Å². The topological polar surface area (TPSA) is 106 Å². The summed E-state index contributed by atoms with van der Waals surface area (Å²) in [6, 6.07) is 19.0. The SMILES string of the molecule is COC(=O)C1=C(C)N(Cc2ccc(C)cc2)C(=O)/C1=C/c1ccc(CNS(=O)(=O)c2ccccc2)o1. The first-order valence-electron chi connectivity index (χ1n) is 11.2. The number of rotatable bonds is 8. The Hall–Kier alpha value is -3.95. The van der Waals surface area contributed by atoms with E-state index in [1.54, 1.807) is 37.3 Å². The van der Waals surface area contributed by atoms with Crippen LogP contribution in [0.4, 0.5) is 0 Å². The number of amides is 1. The quantitative estimate of drug-likeness (QED) is 0.367. The first-order chi connectivity index (χ1) is 17.2. The molecule has 0 spiro atoms. The molecule has 1 aromatic heterocycles. The average molecular weight is 507 g/mol. The van der Waals surface area contributed by atoms with Gasteiger partial charge in [0.15, 0.2) is 0 Å². The zero-order chi connectivity index (χ0) is 25.9. The van der Waals surface area contributed by atoms with Crippen LogP contribution in [0.25, 0.3) is 6.08 Å². The Bertz CT molecular complexity index is 1450. The summed E-state index contributed by atoms with van der Waals surface area (Å²) in [5, 5.41) is 0. The van der Waals surface area contributed by atoms with E-state index in [1.807, 2.05) is 31.2 Å². The number of nitrogens with one attached hydrogen (secondary N) is 1. The first-order valence-corrected chi connectivity index (χ1v) is 12.7. The Morgan fingerprint density at radius 3 is 2.39 bits per heavy atom. The summed E-state index contributed by atoms with van der Waals surface area (Å²) in [6.07, 6.45) is 1.47. The van der Waals surface area contributed by atoms with E-state index in [0.29, 0.717) is 23.8 Å². The second-order valence-corrected chi connectivity index (χ2v) is 10.1. The number of carbonyl (C=O) groups is 2. The van der Waals surface area contributed by atoms with Crippen LogP contribution >= 0.6 is 0 Å². The molecule has 0 saturated carbocycles. The normalized spacial score (nSPS) is 15.1. The predicted octanol–water partition coefficient (Wildman–Crippen LogP) is 3.94. The molecule has 0 fully saturated rings. The van der Waals surface area contributed by atoms with Crippen LogP contribution in [0.1, 0.15) is 29.6 Å². The van der Waals surface area contributed by atoms with Gasteiger partial charge in [0.1, 0.15) is 11.5 Å². The highest BCUT2D eigenvalue weighted by atomic mass is 32.2. The smallest absolute Gasteiger partial charge is 0.340 e. The Morgan fingerprint density at radius 2 is 1.72 bits per heavy atom. The zero-order valence-corrected chi connectivity index (χ0v) is 21.0. The van der Waals surface area contributed by atoms with Gasteiger partial charge in [-0.2, -0.15) is 0 Å². The van der Waals surface area contributed by atoms with Crippen LogP contribution in [0.15, 0.2) is 92.9 Å². The molecule has 0 saturated heterocycles. The minimum absolute atomic E-state index is 0.0768. The van der Waals surface area contributed by atoms with E-state index >= 15 is 0 Å². The lowest BCUT2D eigenvalue weighted by Crippen LogP contribution is -2.24. The number of furan rings is 1. The summed E-state index contributed by atoms with van der Waals surface area (Å²) in [5.74, 6) is -0.320. The summed E-state index contributed by atoms with van der Waals surface area (Å²) in [6.45, 7) is 3.90. The molecule has 4 rings (SSSR count). The molecule has 9 heteroatoms. The molecule has 36 heavy (non-hydrogen) atoms. The molecule has 0 radical (unpaired) electrons. The molecule has 2 heterocycles. The summed E-state index contributed by atoms with van der Waals surface area (Å²) < 4.78 is 38.1. The van der Waals surface area contributed by atoms with Crippen molar-refractivity contribution < 1.29 is 27.2 Å². The van der Waals surface area contributed by atoms with Gasteiger partial charge in [-0.3, -0.25) is 4.79 Å². The van der Waals surface area contributed by atoms with E-state index in [2.05, 4.69) is 4.72 Å². The molecule has 0 aliphatic carbocycles. The highest BCUT2D eigenvalue weighted by molar-refractivity contribution is 7.89. The lowest BCUT2D eigenvalue weighted by atomic mass is 10.1. The van der Waals surface area contributed by atoms with Crippen LogP contribution in [0.2, 0.25) is 0 Å². The minimum Gasteiger partial charge on any atom is -0.465 e. The van der Waals surface area contributed by atoms with Gasteiger partial charge in [-0.15, -0.1) is 0 Å². The molecule has 3 aromatic rings. The van der Waals surface area contributed by atoms with Crippen LogP contribution < -0.4 is 4.72 Å². The Labute approximate surface area is 209 Å². The van der Waals surface area contributed by atoms with Crippen molar-refractivity contribution in [3.8, 4) is 0 Å². The predicted molar refractivity (Wildman–Crippen MR) is 134 cm³/mol. The van der Waals surface area contributed by atoms with Crippen molar-refractivity contribution in [2.24, 2.45) is 0 Å². The summed E-state index contributed by atoms with van der Waals surface area (Å²) in [5.41, 5.74) is 2.83. The molecule has 0 unspecified atom stereocenters. The number of hydrogen-bond acceptors (Lipinski definition) is 6. The molecule has 1 N–H and O–H groups in total. The van der Waals surface area contributed by atoms with Crippen LogP contribution in [-0.2, 0) is 37.4 Å². The van der Waals surface area contributed by atoms with E-state index in [-0.39, 0.29) is 28.5 Å². The van der Waals surface area contributed by atoms with Crippen LogP contribution in [0.5, 0.6) is 0 Å². The molecule has 186 valence electrons. The third kappa shape index (κ3) is 5.32. The van der Waals surface area contributed by atoms with E-state index in [9.17, 15) is 18.0 Å². The van der Waals surface area contributed by atoms with E-state index in [1.165, 1.54) is 30.2 Å². The third-order valence-corrected chi connectivity index (χ3v) is 7.24. The molecule has 1 aliphatic rings. The Kier molecular flexibility index (Phi) is 7.23. The average Bonchev–Trinajstić information content (AvgIpc) is 3.42. The number of sulfonamides is 1. The number of hydrogen-bond donors (Lipinski definition) is 1. The molecular weight excluding hydrogens is 480 g/mol. The number of esters is 1. The number of ether oxygens (including phenoxy) is 1. The van der Waals surface area contributed by atoms with E-state index < -0.39 is 16.0 Å². The lowest BCUT2D eigenvalue weighted by molar-refractivity contribution is -0.136. The van der Waals surface area contributed by atoms with Crippen molar-refractivity contribution in [2.45, 2.75) is 31.8 Å². The Balaban J connectivity index is 1.56. The van der Waals surface area contributed by atoms with Crippen LogP contribution in [-0.4, -0.2) is 32.3 Å². The maximum Gasteiger partial charge on any atom is 0.340 e. The van der Waals surface area contributed by atoms with Gasteiger partial charge in [0.25, 0.3) is 5.91 Å². The van der Waals surface area contributed by atoms with Gasteiger partial charge in [-0.25, -0.2) is 17.9 Å². The number of carbonyl (C=O) groups excluding carboxylic acids is 2.